The fourth-order valence-electron chi connectivity index (χ4n) is 3.01. The maximum atomic E-state index is 11.9. The third kappa shape index (κ3) is 4.91. The van der Waals surface area contributed by atoms with Crippen molar-refractivity contribution >= 4 is 5.91 Å². The quantitative estimate of drug-likeness (QED) is 0.754. The van der Waals surface area contributed by atoms with Gasteiger partial charge in [-0.2, -0.15) is 0 Å². The van der Waals surface area contributed by atoms with Crippen molar-refractivity contribution in [3.05, 3.63) is 11.6 Å². The molecular formula is C16H28N2O2. The number of carbonyl (C=O) groups is 1. The molecule has 2 atom stereocenters. The van der Waals surface area contributed by atoms with E-state index in [1.807, 2.05) is 0 Å². The molecule has 4 nitrogen and oxygen atoms in total. The third-order valence-corrected chi connectivity index (χ3v) is 4.52. The van der Waals surface area contributed by atoms with Gasteiger partial charge in [-0.05, 0) is 51.0 Å². The summed E-state index contributed by atoms with van der Waals surface area (Å²) in [7, 11) is 0. The van der Waals surface area contributed by atoms with Crippen molar-refractivity contribution in [1.82, 2.24) is 10.2 Å². The Labute approximate surface area is 122 Å². The minimum absolute atomic E-state index is 0.0863. The van der Waals surface area contributed by atoms with Crippen LogP contribution in [0.15, 0.2) is 11.6 Å². The number of piperidine rings is 1. The van der Waals surface area contributed by atoms with Gasteiger partial charge in [0.15, 0.2) is 0 Å². The number of hydrogen-bond acceptors (Lipinski definition) is 3. The second-order valence-corrected chi connectivity index (χ2v) is 6.28. The van der Waals surface area contributed by atoms with Crippen LogP contribution < -0.4 is 5.32 Å². The Kier molecular flexibility index (Phi) is 6.05. The number of allylic oxidation sites excluding steroid dienone is 1. The van der Waals surface area contributed by atoms with E-state index < -0.39 is 0 Å². The third-order valence-electron chi connectivity index (χ3n) is 4.52. The van der Waals surface area contributed by atoms with Crippen LogP contribution in [0.25, 0.3) is 0 Å². The molecule has 1 aliphatic heterocycles. The number of hydrogen-bond donors (Lipinski definition) is 2. The first-order chi connectivity index (χ1) is 9.65. The number of carbonyl (C=O) groups excluding carboxylic acids is 1. The first-order valence-electron chi connectivity index (χ1n) is 8.00. The van der Waals surface area contributed by atoms with Gasteiger partial charge in [0.2, 0.25) is 5.91 Å². The lowest BCUT2D eigenvalue weighted by molar-refractivity contribution is -0.123. The first-order valence-corrected chi connectivity index (χ1v) is 8.00. The van der Waals surface area contributed by atoms with Gasteiger partial charge in [-0.3, -0.25) is 9.69 Å². The molecule has 0 spiro atoms. The Hall–Kier alpha value is -0.870. The molecule has 2 unspecified atom stereocenters. The standard InChI is InChI=1S/C16H28N2O2/c1-13-8-10-18(11-15(13)19)12-16(20)17-9-7-14-5-3-2-4-6-14/h5,13,15,19H,2-4,6-12H2,1H3,(H,17,20). The van der Waals surface area contributed by atoms with Crippen molar-refractivity contribution in [3.63, 3.8) is 0 Å². The van der Waals surface area contributed by atoms with Crippen LogP contribution in [0.4, 0.5) is 0 Å². The minimum atomic E-state index is -0.288. The van der Waals surface area contributed by atoms with Crippen LogP contribution in [-0.4, -0.2) is 48.2 Å². The number of nitrogens with one attached hydrogen (secondary N) is 1. The van der Waals surface area contributed by atoms with Crippen molar-refractivity contribution in [2.75, 3.05) is 26.2 Å². The Morgan fingerprint density at radius 2 is 2.35 bits per heavy atom. The monoisotopic (exact) mass is 280 g/mol. The van der Waals surface area contributed by atoms with Crippen LogP contribution in [0, 0.1) is 5.92 Å². The van der Waals surface area contributed by atoms with Crippen LogP contribution >= 0.6 is 0 Å². The van der Waals surface area contributed by atoms with Crippen molar-refractivity contribution in [3.8, 4) is 0 Å². The SMILES string of the molecule is CC1CCN(CC(=O)NCCC2=CCCCC2)CC1O. The van der Waals surface area contributed by atoms with Gasteiger partial charge < -0.3 is 10.4 Å². The molecule has 1 fully saturated rings. The first kappa shape index (κ1) is 15.5. The molecule has 4 heteroatoms. The normalized spacial score (nSPS) is 28.0. The van der Waals surface area contributed by atoms with Gasteiger partial charge in [0.25, 0.3) is 0 Å². The molecule has 2 aliphatic rings. The van der Waals surface area contributed by atoms with Gasteiger partial charge in [0.05, 0.1) is 12.6 Å². The van der Waals surface area contributed by atoms with E-state index >= 15 is 0 Å². The van der Waals surface area contributed by atoms with E-state index in [4.69, 9.17) is 0 Å². The van der Waals surface area contributed by atoms with Crippen LogP contribution in [0.1, 0.15) is 45.4 Å². The Balaban J connectivity index is 1.61. The molecular weight excluding hydrogens is 252 g/mol. The van der Waals surface area contributed by atoms with Crippen LogP contribution in [0.5, 0.6) is 0 Å². The number of β-amino-alcohol motifs (C(OH)–C–C–N with tert-alkyl or cyclic N) is 1. The van der Waals surface area contributed by atoms with Gasteiger partial charge in [-0.25, -0.2) is 0 Å². The van der Waals surface area contributed by atoms with Crippen molar-refractivity contribution in [2.24, 2.45) is 5.92 Å². The van der Waals surface area contributed by atoms with Crippen molar-refractivity contribution in [1.29, 1.82) is 0 Å². The van der Waals surface area contributed by atoms with Crippen molar-refractivity contribution < 1.29 is 9.90 Å². The van der Waals surface area contributed by atoms with E-state index in [9.17, 15) is 9.90 Å². The molecule has 114 valence electrons. The molecule has 1 heterocycles. The van der Waals surface area contributed by atoms with E-state index in [1.54, 1.807) is 0 Å². The summed E-state index contributed by atoms with van der Waals surface area (Å²) >= 11 is 0. The van der Waals surface area contributed by atoms with Gasteiger partial charge in [0, 0.05) is 13.1 Å². The molecule has 0 aromatic rings. The van der Waals surface area contributed by atoms with Gasteiger partial charge in [0.1, 0.15) is 0 Å². The molecule has 2 N–H and O–H groups in total. The summed E-state index contributed by atoms with van der Waals surface area (Å²) in [5.74, 6) is 0.440. The van der Waals surface area contributed by atoms with E-state index in [-0.39, 0.29) is 12.0 Å². The lowest BCUT2D eigenvalue weighted by Crippen LogP contribution is -2.47. The van der Waals surface area contributed by atoms with E-state index in [2.05, 4.69) is 23.2 Å². The number of amides is 1. The summed E-state index contributed by atoms with van der Waals surface area (Å²) in [4.78, 5) is 13.9. The number of rotatable bonds is 5. The van der Waals surface area contributed by atoms with E-state index in [0.29, 0.717) is 19.0 Å². The molecule has 2 rings (SSSR count). The lowest BCUT2D eigenvalue weighted by Gasteiger charge is -2.33. The molecule has 1 amide bonds. The predicted molar refractivity (Wildman–Crippen MR) is 80.4 cm³/mol. The Morgan fingerprint density at radius 3 is 3.05 bits per heavy atom. The Bertz CT molecular complexity index is 354. The number of aliphatic hydroxyl groups excluding tert-OH is 1. The second-order valence-electron chi connectivity index (χ2n) is 6.28. The molecule has 0 aromatic heterocycles. The molecule has 0 saturated carbocycles. The highest BCUT2D eigenvalue weighted by Crippen LogP contribution is 2.19. The average Bonchev–Trinajstić information content (AvgIpc) is 2.44. The highest BCUT2D eigenvalue weighted by molar-refractivity contribution is 5.78. The van der Waals surface area contributed by atoms with Crippen molar-refractivity contribution in [2.45, 2.75) is 51.6 Å². The zero-order valence-electron chi connectivity index (χ0n) is 12.6. The lowest BCUT2D eigenvalue weighted by atomic mass is 9.96. The van der Waals surface area contributed by atoms with Crippen LogP contribution in [0.3, 0.4) is 0 Å². The van der Waals surface area contributed by atoms with Gasteiger partial charge >= 0.3 is 0 Å². The van der Waals surface area contributed by atoms with Crippen LogP contribution in [0.2, 0.25) is 0 Å². The Morgan fingerprint density at radius 1 is 1.50 bits per heavy atom. The summed E-state index contributed by atoms with van der Waals surface area (Å²) in [5.41, 5.74) is 1.50. The fourth-order valence-corrected chi connectivity index (χ4v) is 3.01. The molecule has 0 bridgehead atoms. The molecule has 0 aromatic carbocycles. The molecule has 0 radical (unpaired) electrons. The maximum Gasteiger partial charge on any atom is 0.234 e. The van der Waals surface area contributed by atoms with Gasteiger partial charge in [-0.1, -0.05) is 18.6 Å². The van der Waals surface area contributed by atoms with Gasteiger partial charge in [-0.15, -0.1) is 0 Å². The largest absolute Gasteiger partial charge is 0.392 e. The topological polar surface area (TPSA) is 52.6 Å². The highest BCUT2D eigenvalue weighted by atomic mass is 16.3. The van der Waals surface area contributed by atoms with E-state index in [0.717, 1.165) is 25.9 Å². The number of likely N-dealkylation sites (tertiary alicyclic amines) is 1. The molecule has 20 heavy (non-hydrogen) atoms. The minimum Gasteiger partial charge on any atom is -0.392 e. The zero-order valence-corrected chi connectivity index (χ0v) is 12.6. The molecule has 1 saturated heterocycles. The molecule has 1 aliphatic carbocycles. The number of nitrogens with zero attached hydrogens (tertiary/aromatic N) is 1. The predicted octanol–water partition coefficient (Wildman–Crippen LogP) is 1.70. The fraction of sp³-hybridized carbons (Fsp3) is 0.812. The summed E-state index contributed by atoms with van der Waals surface area (Å²) in [6.45, 7) is 4.77. The summed E-state index contributed by atoms with van der Waals surface area (Å²) in [6.07, 6.45) is 9.02. The summed E-state index contributed by atoms with van der Waals surface area (Å²) < 4.78 is 0. The number of aliphatic hydroxyl groups is 1. The highest BCUT2D eigenvalue weighted by Gasteiger charge is 2.25. The summed E-state index contributed by atoms with van der Waals surface area (Å²) in [6, 6.07) is 0. The average molecular weight is 280 g/mol. The maximum absolute atomic E-state index is 11.9. The second kappa shape index (κ2) is 7.79. The summed E-state index contributed by atoms with van der Waals surface area (Å²) in [5, 5.41) is 12.8. The van der Waals surface area contributed by atoms with E-state index in [1.165, 1.54) is 31.3 Å². The van der Waals surface area contributed by atoms with Crippen LogP contribution in [-0.2, 0) is 4.79 Å². The smallest absolute Gasteiger partial charge is 0.234 e. The zero-order chi connectivity index (χ0) is 14.4.